The van der Waals surface area contributed by atoms with E-state index in [2.05, 4.69) is 0 Å². The lowest BCUT2D eigenvalue weighted by molar-refractivity contribution is 0.0537. The van der Waals surface area contributed by atoms with Crippen LogP contribution in [0.3, 0.4) is 0 Å². The van der Waals surface area contributed by atoms with Gasteiger partial charge in [-0.1, -0.05) is 0 Å². The van der Waals surface area contributed by atoms with E-state index in [1.54, 1.807) is 20.8 Å². The Morgan fingerprint density at radius 1 is 1.46 bits per heavy atom. The van der Waals surface area contributed by atoms with Crippen LogP contribution in [0.4, 0.5) is 4.79 Å². The monoisotopic (exact) mass is 229 g/mol. The van der Waals surface area contributed by atoms with E-state index < -0.39 is 26.6 Å². The molecule has 0 aliphatic rings. The van der Waals surface area contributed by atoms with Gasteiger partial charge in [-0.25, -0.2) is 13.2 Å². The molecule has 0 aromatic rings. The Morgan fingerprint density at radius 3 is 2.23 bits per heavy atom. The first kappa shape index (κ1) is 12.5. The standard InChI is InChI=1S/C6H12ClNO4S/c1-6(2,3)12-5(9)8-4-13(7,10)11/h4H2,1-3H3,(H,8,9). The first-order valence-corrected chi connectivity index (χ1v) is 5.97. The molecule has 1 N–H and O–H groups in total. The Hall–Kier alpha value is -0.490. The molecule has 0 aromatic carbocycles. The summed E-state index contributed by atoms with van der Waals surface area (Å²) in [5.41, 5.74) is -0.653. The van der Waals surface area contributed by atoms with Crippen LogP contribution >= 0.6 is 10.7 Å². The Bertz CT molecular complexity index is 279. The first-order chi connectivity index (χ1) is 5.60. The van der Waals surface area contributed by atoms with Gasteiger partial charge in [0.25, 0.3) is 9.05 Å². The maximum absolute atomic E-state index is 10.8. The van der Waals surface area contributed by atoms with E-state index in [0.29, 0.717) is 0 Å². The third-order valence-corrected chi connectivity index (χ3v) is 1.60. The topological polar surface area (TPSA) is 72.5 Å². The average Bonchev–Trinajstić information content (AvgIpc) is 1.78. The van der Waals surface area contributed by atoms with Crippen molar-refractivity contribution in [3.05, 3.63) is 0 Å². The van der Waals surface area contributed by atoms with Crippen molar-refractivity contribution in [1.82, 2.24) is 5.32 Å². The van der Waals surface area contributed by atoms with Crippen molar-refractivity contribution in [3.63, 3.8) is 0 Å². The molecule has 0 aliphatic heterocycles. The van der Waals surface area contributed by atoms with Crippen LogP contribution in [0, 0.1) is 0 Å². The minimum Gasteiger partial charge on any atom is -0.444 e. The Balaban J connectivity index is 3.92. The van der Waals surface area contributed by atoms with E-state index >= 15 is 0 Å². The zero-order chi connectivity index (χ0) is 10.7. The van der Waals surface area contributed by atoms with Crippen LogP contribution in [0.5, 0.6) is 0 Å². The van der Waals surface area contributed by atoms with Crippen molar-refractivity contribution >= 4 is 25.8 Å². The van der Waals surface area contributed by atoms with Crippen LogP contribution in [-0.2, 0) is 13.8 Å². The summed E-state index contributed by atoms with van der Waals surface area (Å²) in [6.07, 6.45) is -0.809. The fraction of sp³-hybridized carbons (Fsp3) is 0.833. The highest BCUT2D eigenvalue weighted by atomic mass is 35.7. The number of hydrogen-bond acceptors (Lipinski definition) is 4. The predicted molar refractivity (Wildman–Crippen MR) is 49.0 cm³/mol. The number of carbonyl (C=O) groups is 1. The molecule has 5 nitrogen and oxygen atoms in total. The molecule has 0 heterocycles. The van der Waals surface area contributed by atoms with Gasteiger partial charge in [0, 0.05) is 10.7 Å². The molecule has 0 atom stereocenters. The van der Waals surface area contributed by atoms with Crippen LogP contribution in [0.25, 0.3) is 0 Å². The largest absolute Gasteiger partial charge is 0.444 e. The van der Waals surface area contributed by atoms with Gasteiger partial charge < -0.3 is 10.1 Å². The summed E-state index contributed by atoms with van der Waals surface area (Å²) < 4.78 is 25.6. The molecule has 0 fully saturated rings. The quantitative estimate of drug-likeness (QED) is 0.718. The van der Waals surface area contributed by atoms with Gasteiger partial charge in [0.2, 0.25) is 0 Å². The molecule has 0 saturated carbocycles. The summed E-state index contributed by atoms with van der Waals surface area (Å²) in [5, 5.41) is 2.00. The molecule has 0 saturated heterocycles. The number of carbonyl (C=O) groups excluding carboxylic acids is 1. The van der Waals surface area contributed by atoms with Gasteiger partial charge in [-0.2, -0.15) is 0 Å². The lowest BCUT2D eigenvalue weighted by atomic mass is 10.2. The van der Waals surface area contributed by atoms with Crippen LogP contribution in [0.2, 0.25) is 0 Å². The fourth-order valence-corrected chi connectivity index (χ4v) is 0.913. The summed E-state index contributed by atoms with van der Waals surface area (Å²) >= 11 is 0. The van der Waals surface area contributed by atoms with Crippen molar-refractivity contribution in [1.29, 1.82) is 0 Å². The van der Waals surface area contributed by atoms with Crippen molar-refractivity contribution in [2.45, 2.75) is 26.4 Å². The van der Waals surface area contributed by atoms with Crippen molar-refractivity contribution in [3.8, 4) is 0 Å². The number of rotatable bonds is 2. The second-order valence-corrected chi connectivity index (χ2v) is 6.14. The van der Waals surface area contributed by atoms with Gasteiger partial charge in [-0.3, -0.25) is 0 Å². The molecule has 0 aromatic heterocycles. The molecule has 78 valence electrons. The lowest BCUT2D eigenvalue weighted by Crippen LogP contribution is -2.34. The molecule has 0 aliphatic carbocycles. The van der Waals surface area contributed by atoms with Crippen LogP contribution in [0.1, 0.15) is 20.8 Å². The predicted octanol–water partition coefficient (Wildman–Crippen LogP) is 1.04. The van der Waals surface area contributed by atoms with Gasteiger partial charge >= 0.3 is 6.09 Å². The molecular formula is C6H12ClNO4S. The third kappa shape index (κ3) is 9.42. The summed E-state index contributed by atoms with van der Waals surface area (Å²) in [7, 11) is 1.14. The van der Waals surface area contributed by atoms with Gasteiger partial charge in [0.05, 0.1) is 0 Å². The van der Waals surface area contributed by atoms with Crippen molar-refractivity contribution < 1.29 is 17.9 Å². The van der Waals surface area contributed by atoms with Gasteiger partial charge in [0.1, 0.15) is 11.5 Å². The molecule has 0 spiro atoms. The number of hydrogen-bond donors (Lipinski definition) is 1. The van der Waals surface area contributed by atoms with Crippen molar-refractivity contribution in [2.75, 3.05) is 5.88 Å². The highest BCUT2D eigenvalue weighted by Crippen LogP contribution is 2.06. The van der Waals surface area contributed by atoms with Crippen molar-refractivity contribution in [2.24, 2.45) is 0 Å². The van der Waals surface area contributed by atoms with E-state index in [9.17, 15) is 13.2 Å². The highest BCUT2D eigenvalue weighted by Gasteiger charge is 2.17. The minimum atomic E-state index is -3.71. The molecular weight excluding hydrogens is 218 g/mol. The maximum atomic E-state index is 10.8. The molecule has 0 radical (unpaired) electrons. The second kappa shape index (κ2) is 4.15. The summed E-state index contributed by atoms with van der Waals surface area (Å²) in [6, 6.07) is 0. The summed E-state index contributed by atoms with van der Waals surface area (Å²) in [6.45, 7) is 5.01. The highest BCUT2D eigenvalue weighted by molar-refractivity contribution is 8.13. The number of ether oxygens (including phenoxy) is 1. The number of nitrogens with one attached hydrogen (secondary N) is 1. The van der Waals surface area contributed by atoms with E-state index in [1.807, 2.05) is 5.32 Å². The van der Waals surface area contributed by atoms with Crippen LogP contribution in [0.15, 0.2) is 0 Å². The molecule has 13 heavy (non-hydrogen) atoms. The van der Waals surface area contributed by atoms with E-state index in [1.165, 1.54) is 0 Å². The van der Waals surface area contributed by atoms with Crippen LogP contribution in [-0.4, -0.2) is 26.0 Å². The normalized spacial score (nSPS) is 12.3. The molecule has 0 bridgehead atoms. The Kier molecular flexibility index (Phi) is 3.99. The average molecular weight is 230 g/mol. The smallest absolute Gasteiger partial charge is 0.408 e. The lowest BCUT2D eigenvalue weighted by Gasteiger charge is -2.19. The fourth-order valence-electron chi connectivity index (χ4n) is 0.459. The molecule has 0 rings (SSSR count). The maximum Gasteiger partial charge on any atom is 0.408 e. The minimum absolute atomic E-state index is 0.635. The SMILES string of the molecule is CC(C)(C)OC(=O)NCS(=O)(=O)Cl. The number of halogens is 1. The Morgan fingerprint density at radius 2 is 1.92 bits per heavy atom. The third-order valence-electron chi connectivity index (χ3n) is 0.788. The van der Waals surface area contributed by atoms with Crippen LogP contribution < -0.4 is 5.32 Å². The molecule has 0 unspecified atom stereocenters. The summed E-state index contributed by atoms with van der Waals surface area (Å²) in [4.78, 5) is 10.8. The van der Waals surface area contributed by atoms with E-state index in [-0.39, 0.29) is 0 Å². The zero-order valence-electron chi connectivity index (χ0n) is 7.63. The van der Waals surface area contributed by atoms with Gasteiger partial charge in [-0.05, 0) is 20.8 Å². The van der Waals surface area contributed by atoms with Gasteiger partial charge in [0.15, 0.2) is 0 Å². The van der Waals surface area contributed by atoms with E-state index in [4.69, 9.17) is 15.4 Å². The van der Waals surface area contributed by atoms with Gasteiger partial charge in [-0.15, -0.1) is 0 Å². The molecule has 7 heteroatoms. The summed E-state index contributed by atoms with van der Waals surface area (Å²) in [5.74, 6) is -0.635. The second-order valence-electron chi connectivity index (χ2n) is 3.36. The first-order valence-electron chi connectivity index (χ1n) is 3.49. The zero-order valence-corrected chi connectivity index (χ0v) is 9.20. The number of alkyl carbamates (subject to hydrolysis) is 1. The Labute approximate surface area is 81.8 Å². The number of amides is 1. The molecule has 1 amide bonds. The van der Waals surface area contributed by atoms with E-state index in [0.717, 1.165) is 0 Å².